The van der Waals surface area contributed by atoms with Gasteiger partial charge in [0.1, 0.15) is 11.5 Å². The molecule has 0 saturated heterocycles. The Morgan fingerprint density at radius 3 is 2.43 bits per heavy atom. The van der Waals surface area contributed by atoms with Crippen LogP contribution in [0.15, 0.2) is 47.6 Å². The van der Waals surface area contributed by atoms with E-state index in [9.17, 15) is 28.2 Å². The maximum absolute atomic E-state index is 13.3. The highest BCUT2D eigenvalue weighted by Gasteiger charge is 2.53. The normalized spacial score (nSPS) is 19.6. The maximum atomic E-state index is 13.3. The van der Waals surface area contributed by atoms with Crippen LogP contribution in [0.2, 0.25) is 0 Å². The lowest BCUT2D eigenvalue weighted by Gasteiger charge is -2.31. The smallest absolute Gasteiger partial charge is 0.431 e. The highest BCUT2D eigenvalue weighted by molar-refractivity contribution is 6.01. The lowest BCUT2D eigenvalue weighted by Crippen LogP contribution is -2.43. The van der Waals surface area contributed by atoms with Gasteiger partial charge >= 0.3 is 6.18 Å². The van der Waals surface area contributed by atoms with Crippen molar-refractivity contribution in [2.75, 3.05) is 0 Å². The quantitative estimate of drug-likeness (QED) is 0.833. The first-order valence-corrected chi connectivity index (χ1v) is 8.67. The number of phenols is 1. The molecular formula is C20H19F3N2O3. The van der Waals surface area contributed by atoms with Crippen LogP contribution in [-0.4, -0.2) is 33.0 Å². The van der Waals surface area contributed by atoms with Crippen molar-refractivity contribution in [2.24, 2.45) is 5.10 Å². The number of aliphatic hydroxyl groups is 1. The molecule has 0 saturated carbocycles. The number of benzene rings is 2. The molecule has 0 bridgehead atoms. The number of aromatic hydroxyl groups is 1. The zero-order valence-electron chi connectivity index (χ0n) is 15.3. The molecule has 0 radical (unpaired) electrons. The monoisotopic (exact) mass is 392 g/mol. The summed E-state index contributed by atoms with van der Waals surface area (Å²) in [7, 11) is 0. The fourth-order valence-electron chi connectivity index (χ4n) is 3.09. The van der Waals surface area contributed by atoms with Gasteiger partial charge in [0.15, 0.2) is 5.72 Å². The number of phenolic OH excluding ortho intramolecular Hbond substituents is 1. The lowest BCUT2D eigenvalue weighted by atomic mass is 9.95. The van der Waals surface area contributed by atoms with Crippen molar-refractivity contribution < 1.29 is 28.2 Å². The van der Waals surface area contributed by atoms with Crippen molar-refractivity contribution in [3.05, 3.63) is 64.7 Å². The number of carbonyl (C=O) groups is 1. The third kappa shape index (κ3) is 3.35. The fraction of sp³-hybridized carbons (Fsp3) is 0.300. The molecule has 1 atom stereocenters. The van der Waals surface area contributed by atoms with Gasteiger partial charge in [0.25, 0.3) is 5.91 Å². The van der Waals surface area contributed by atoms with Gasteiger partial charge in [0, 0.05) is 5.56 Å². The van der Waals surface area contributed by atoms with E-state index in [1.807, 2.05) is 6.92 Å². The first kappa shape index (κ1) is 19.9. The van der Waals surface area contributed by atoms with E-state index < -0.39 is 29.9 Å². The van der Waals surface area contributed by atoms with Crippen molar-refractivity contribution in [1.82, 2.24) is 5.01 Å². The van der Waals surface area contributed by atoms with Gasteiger partial charge < -0.3 is 10.2 Å². The summed E-state index contributed by atoms with van der Waals surface area (Å²) < 4.78 is 39.9. The van der Waals surface area contributed by atoms with Gasteiger partial charge in [-0.1, -0.05) is 43.3 Å². The molecule has 1 unspecified atom stereocenters. The van der Waals surface area contributed by atoms with Gasteiger partial charge in [-0.15, -0.1) is 0 Å². The molecule has 1 aliphatic rings. The number of amides is 1. The first-order chi connectivity index (χ1) is 13.1. The molecule has 8 heteroatoms. The topological polar surface area (TPSA) is 73.1 Å². The summed E-state index contributed by atoms with van der Waals surface area (Å²) in [5.74, 6) is -1.39. The molecule has 0 spiro atoms. The van der Waals surface area contributed by atoms with Crippen LogP contribution in [0.25, 0.3) is 0 Å². The second-order valence-electron chi connectivity index (χ2n) is 6.68. The molecule has 2 aromatic carbocycles. The fourth-order valence-corrected chi connectivity index (χ4v) is 3.09. The summed E-state index contributed by atoms with van der Waals surface area (Å²) in [6.07, 6.45) is -5.00. The average molecular weight is 392 g/mol. The van der Waals surface area contributed by atoms with Gasteiger partial charge in [-0.05, 0) is 30.5 Å². The van der Waals surface area contributed by atoms with Crippen molar-refractivity contribution in [2.45, 2.75) is 38.6 Å². The molecule has 1 heterocycles. The number of hydrogen-bond acceptors (Lipinski definition) is 4. The molecule has 1 amide bonds. The third-order valence-corrected chi connectivity index (χ3v) is 4.80. The van der Waals surface area contributed by atoms with E-state index in [-0.39, 0.29) is 16.9 Å². The van der Waals surface area contributed by atoms with Crippen molar-refractivity contribution in [3.8, 4) is 5.75 Å². The van der Waals surface area contributed by atoms with E-state index in [1.54, 1.807) is 25.1 Å². The lowest BCUT2D eigenvalue weighted by molar-refractivity contribution is -0.0816. The van der Waals surface area contributed by atoms with E-state index >= 15 is 0 Å². The Morgan fingerprint density at radius 1 is 1.21 bits per heavy atom. The van der Waals surface area contributed by atoms with E-state index in [1.165, 1.54) is 24.3 Å². The van der Waals surface area contributed by atoms with Gasteiger partial charge in [0.05, 0.1) is 12.0 Å². The molecule has 148 valence electrons. The molecule has 1 aliphatic heterocycles. The average Bonchev–Trinajstić information content (AvgIpc) is 3.03. The Balaban J connectivity index is 2.10. The van der Waals surface area contributed by atoms with E-state index in [2.05, 4.69) is 5.10 Å². The number of alkyl halides is 3. The van der Waals surface area contributed by atoms with Crippen LogP contribution in [-0.2, 0) is 12.1 Å². The number of carbonyl (C=O) groups excluding carboxylic acids is 1. The summed E-state index contributed by atoms with van der Waals surface area (Å²) in [5.41, 5.74) is -2.42. The summed E-state index contributed by atoms with van der Waals surface area (Å²) >= 11 is 0. The minimum absolute atomic E-state index is 0.105. The van der Waals surface area contributed by atoms with Crippen LogP contribution >= 0.6 is 0 Å². The Labute approximate surface area is 159 Å². The Bertz CT molecular complexity index is 939. The van der Waals surface area contributed by atoms with E-state index in [0.29, 0.717) is 17.0 Å². The van der Waals surface area contributed by atoms with Crippen LogP contribution in [0, 0.1) is 6.92 Å². The van der Waals surface area contributed by atoms with Gasteiger partial charge in [-0.2, -0.15) is 23.3 Å². The van der Waals surface area contributed by atoms with Crippen LogP contribution < -0.4 is 0 Å². The number of hydrazone groups is 1. The number of rotatable bonds is 3. The van der Waals surface area contributed by atoms with Gasteiger partial charge in [-0.25, -0.2) is 0 Å². The molecule has 3 rings (SSSR count). The van der Waals surface area contributed by atoms with Gasteiger partial charge in [0.2, 0.25) is 0 Å². The van der Waals surface area contributed by atoms with Crippen molar-refractivity contribution in [1.29, 1.82) is 0 Å². The molecule has 0 aliphatic carbocycles. The summed E-state index contributed by atoms with van der Waals surface area (Å²) in [5, 5.41) is 25.1. The highest BCUT2D eigenvalue weighted by atomic mass is 19.4. The number of para-hydroxylation sites is 1. The zero-order chi connectivity index (χ0) is 20.7. The van der Waals surface area contributed by atoms with Crippen molar-refractivity contribution >= 4 is 11.6 Å². The second-order valence-corrected chi connectivity index (χ2v) is 6.68. The minimum atomic E-state index is -4.80. The number of hydrogen-bond donors (Lipinski definition) is 2. The summed E-state index contributed by atoms with van der Waals surface area (Å²) in [6.45, 7) is 3.47. The molecule has 2 N–H and O–H groups in total. The van der Waals surface area contributed by atoms with Crippen LogP contribution in [0.3, 0.4) is 0 Å². The maximum Gasteiger partial charge on any atom is 0.431 e. The number of halogens is 3. The van der Waals surface area contributed by atoms with Gasteiger partial charge in [-0.3, -0.25) is 4.79 Å². The SMILES string of the molecule is CCc1ccc(C2(O)CC(C(F)(F)F)=NN2C(=O)c2cccc(C)c2O)cc1. The van der Waals surface area contributed by atoms with Crippen LogP contribution in [0.4, 0.5) is 13.2 Å². The predicted molar refractivity (Wildman–Crippen MR) is 96.8 cm³/mol. The standard InChI is InChI=1S/C20H19F3N2O3/c1-3-13-7-9-14(10-8-13)19(28)11-16(20(21,22)23)24-25(19)18(27)15-6-4-5-12(2)17(15)26/h4-10,26,28H,3,11H2,1-2H3. The molecule has 2 aromatic rings. The Hall–Kier alpha value is -2.87. The largest absolute Gasteiger partial charge is 0.507 e. The van der Waals surface area contributed by atoms with E-state index in [4.69, 9.17) is 0 Å². The van der Waals surface area contributed by atoms with Crippen LogP contribution in [0.5, 0.6) is 5.75 Å². The first-order valence-electron chi connectivity index (χ1n) is 8.67. The summed E-state index contributed by atoms with van der Waals surface area (Å²) in [4.78, 5) is 12.9. The Morgan fingerprint density at radius 2 is 1.86 bits per heavy atom. The predicted octanol–water partition coefficient (Wildman–Crippen LogP) is 3.87. The molecule has 5 nitrogen and oxygen atoms in total. The molecule has 0 fully saturated rings. The molecule has 28 heavy (non-hydrogen) atoms. The highest BCUT2D eigenvalue weighted by Crippen LogP contribution is 2.41. The second kappa shape index (κ2) is 6.94. The Kier molecular flexibility index (Phi) is 4.93. The molecule has 0 aromatic heterocycles. The third-order valence-electron chi connectivity index (χ3n) is 4.80. The minimum Gasteiger partial charge on any atom is -0.507 e. The molecular weight excluding hydrogens is 373 g/mol. The van der Waals surface area contributed by atoms with Crippen molar-refractivity contribution in [3.63, 3.8) is 0 Å². The zero-order valence-corrected chi connectivity index (χ0v) is 15.3. The van der Waals surface area contributed by atoms with Crippen LogP contribution in [0.1, 0.15) is 40.4 Å². The van der Waals surface area contributed by atoms with E-state index in [0.717, 1.165) is 5.56 Å². The number of nitrogens with zero attached hydrogens (tertiary/aromatic N) is 2. The number of aryl methyl sites for hydroxylation is 2. The summed E-state index contributed by atoms with van der Waals surface area (Å²) in [6, 6.07) is 10.6.